The Kier molecular flexibility index (Phi) is 6.74. The molecule has 1 heterocycles. The van der Waals surface area contributed by atoms with E-state index < -0.39 is 16.1 Å². The van der Waals surface area contributed by atoms with E-state index in [-0.39, 0.29) is 16.4 Å². The van der Waals surface area contributed by atoms with Crippen molar-refractivity contribution < 1.29 is 8.42 Å². The highest BCUT2D eigenvalue weighted by atomic mass is 35.5. The van der Waals surface area contributed by atoms with Gasteiger partial charge in [0, 0.05) is 30.3 Å². The van der Waals surface area contributed by atoms with Crippen LogP contribution >= 0.6 is 11.6 Å². The molecular weight excluding hydrogens is 438 g/mol. The van der Waals surface area contributed by atoms with E-state index in [4.69, 9.17) is 16.7 Å². The molecule has 3 aromatic rings. The Bertz CT molecular complexity index is 1270. The van der Waals surface area contributed by atoms with Crippen molar-refractivity contribution in [2.24, 2.45) is 17.4 Å². The second-order valence-electron chi connectivity index (χ2n) is 7.44. The molecule has 0 aliphatic heterocycles. The molecule has 2 unspecified atom stereocenters. The van der Waals surface area contributed by atoms with Crippen LogP contribution in [-0.4, -0.2) is 13.0 Å². The number of nitroso groups, excluding NO2 is 1. The van der Waals surface area contributed by atoms with E-state index in [1.165, 1.54) is 22.8 Å². The highest BCUT2D eigenvalue weighted by Gasteiger charge is 2.24. The molecule has 0 fully saturated rings. The second-order valence-corrected chi connectivity index (χ2v) is 9.43. The van der Waals surface area contributed by atoms with Gasteiger partial charge in [0.15, 0.2) is 0 Å². The van der Waals surface area contributed by atoms with Crippen molar-refractivity contribution in [3.05, 3.63) is 103 Å². The summed E-state index contributed by atoms with van der Waals surface area (Å²) >= 11 is 6.12. The molecule has 2 aromatic carbocycles. The standard InChI is InChI=1S/C22H22ClN3O4S/c1-14-11-17(23)6-9-19(14)20(15-3-7-18(8-4-15)31(24,29)30)12-21(25-28)16-5-10-22(27)26(2)13-16/h3-11,13,20-21H,12H2,1-2H3,(H2,24,29,30). The summed E-state index contributed by atoms with van der Waals surface area (Å²) in [6.45, 7) is 1.92. The van der Waals surface area contributed by atoms with Gasteiger partial charge in [0.2, 0.25) is 15.6 Å². The summed E-state index contributed by atoms with van der Waals surface area (Å²) in [5, 5.41) is 9.12. The van der Waals surface area contributed by atoms with Gasteiger partial charge in [0.05, 0.1) is 4.90 Å². The van der Waals surface area contributed by atoms with Crippen molar-refractivity contribution >= 4 is 21.6 Å². The number of hydrogen-bond acceptors (Lipinski definition) is 5. The number of aryl methyl sites for hydroxylation is 2. The van der Waals surface area contributed by atoms with Crippen molar-refractivity contribution in [2.75, 3.05) is 0 Å². The minimum absolute atomic E-state index is 0.00551. The molecule has 162 valence electrons. The molecule has 0 bridgehead atoms. The number of hydrogen-bond donors (Lipinski definition) is 1. The van der Waals surface area contributed by atoms with E-state index in [2.05, 4.69) is 5.18 Å². The van der Waals surface area contributed by atoms with Crippen LogP contribution in [0.5, 0.6) is 0 Å². The highest BCUT2D eigenvalue weighted by molar-refractivity contribution is 7.89. The number of rotatable bonds is 7. The Morgan fingerprint density at radius 3 is 2.26 bits per heavy atom. The summed E-state index contributed by atoms with van der Waals surface area (Å²) in [6.07, 6.45) is 1.92. The van der Waals surface area contributed by atoms with Crippen molar-refractivity contribution in [2.45, 2.75) is 30.2 Å². The maximum Gasteiger partial charge on any atom is 0.250 e. The van der Waals surface area contributed by atoms with Crippen LogP contribution in [0.3, 0.4) is 0 Å². The van der Waals surface area contributed by atoms with Crippen molar-refractivity contribution in [3.8, 4) is 0 Å². The number of nitrogens with two attached hydrogens (primary N) is 1. The lowest BCUT2D eigenvalue weighted by Gasteiger charge is -2.23. The van der Waals surface area contributed by atoms with Gasteiger partial charge in [-0.1, -0.05) is 35.0 Å². The quantitative estimate of drug-likeness (QED) is 0.537. The molecular formula is C22H22ClN3O4S. The number of benzene rings is 2. The van der Waals surface area contributed by atoms with Gasteiger partial charge in [-0.05, 0) is 65.9 Å². The number of pyridine rings is 1. The number of sulfonamides is 1. The first-order valence-corrected chi connectivity index (χ1v) is 11.4. The second kappa shape index (κ2) is 9.13. The maximum absolute atomic E-state index is 11.8. The summed E-state index contributed by atoms with van der Waals surface area (Å²) in [6, 6.07) is 14.0. The van der Waals surface area contributed by atoms with Crippen molar-refractivity contribution in [1.82, 2.24) is 4.57 Å². The minimum atomic E-state index is -3.82. The maximum atomic E-state index is 11.8. The summed E-state index contributed by atoms with van der Waals surface area (Å²) in [7, 11) is -2.21. The predicted octanol–water partition coefficient (Wildman–Crippen LogP) is 4.02. The first kappa shape index (κ1) is 22.9. The molecule has 31 heavy (non-hydrogen) atoms. The predicted molar refractivity (Wildman–Crippen MR) is 121 cm³/mol. The minimum Gasteiger partial charge on any atom is -0.318 e. The SMILES string of the molecule is Cc1cc(Cl)ccc1C(CC(N=O)c1ccc(=O)n(C)c1)c1ccc(S(N)(=O)=O)cc1. The smallest absolute Gasteiger partial charge is 0.250 e. The van der Waals surface area contributed by atoms with Crippen LogP contribution in [0.1, 0.15) is 40.6 Å². The number of aromatic nitrogens is 1. The molecule has 1 aromatic heterocycles. The molecule has 2 N–H and O–H groups in total. The lowest BCUT2D eigenvalue weighted by atomic mass is 9.83. The zero-order chi connectivity index (χ0) is 22.8. The molecule has 0 spiro atoms. The Morgan fingerprint density at radius 1 is 1.06 bits per heavy atom. The third-order valence-corrected chi connectivity index (χ3v) is 6.46. The average molecular weight is 460 g/mol. The van der Waals surface area contributed by atoms with Gasteiger partial charge in [-0.2, -0.15) is 4.91 Å². The fourth-order valence-corrected chi connectivity index (χ4v) is 4.38. The van der Waals surface area contributed by atoms with E-state index in [1.807, 2.05) is 19.1 Å². The van der Waals surface area contributed by atoms with Crippen LogP contribution in [0, 0.1) is 11.8 Å². The molecule has 0 saturated carbocycles. The first-order valence-electron chi connectivity index (χ1n) is 9.48. The van der Waals surface area contributed by atoms with E-state index in [0.717, 1.165) is 16.7 Å². The monoisotopic (exact) mass is 459 g/mol. The Labute approximate surface area is 185 Å². The van der Waals surface area contributed by atoms with Crippen LogP contribution < -0.4 is 10.7 Å². The Morgan fingerprint density at radius 2 is 1.71 bits per heavy atom. The first-order chi connectivity index (χ1) is 14.6. The highest BCUT2D eigenvalue weighted by Crippen LogP contribution is 2.37. The van der Waals surface area contributed by atoms with E-state index >= 15 is 0 Å². The molecule has 0 aliphatic carbocycles. The van der Waals surface area contributed by atoms with Crippen molar-refractivity contribution in [1.29, 1.82) is 0 Å². The van der Waals surface area contributed by atoms with E-state index in [1.54, 1.807) is 37.5 Å². The fraction of sp³-hybridized carbons (Fsp3) is 0.227. The van der Waals surface area contributed by atoms with Crippen LogP contribution in [-0.2, 0) is 17.1 Å². The average Bonchev–Trinajstić information content (AvgIpc) is 2.71. The number of primary sulfonamides is 1. The molecule has 9 heteroatoms. The molecule has 3 rings (SSSR count). The van der Waals surface area contributed by atoms with Gasteiger partial charge < -0.3 is 4.57 Å². The summed E-state index contributed by atoms with van der Waals surface area (Å²) in [4.78, 5) is 23.5. The lowest BCUT2D eigenvalue weighted by Crippen LogP contribution is -2.16. The van der Waals surface area contributed by atoms with Crippen LogP contribution in [0.15, 0.2) is 75.7 Å². The zero-order valence-electron chi connectivity index (χ0n) is 17.0. The summed E-state index contributed by atoms with van der Waals surface area (Å²) in [5.74, 6) is -0.272. The zero-order valence-corrected chi connectivity index (χ0v) is 18.6. The third-order valence-electron chi connectivity index (χ3n) is 5.30. The Balaban J connectivity index is 2.07. The van der Waals surface area contributed by atoms with E-state index in [0.29, 0.717) is 17.0 Å². The van der Waals surface area contributed by atoms with Gasteiger partial charge in [-0.3, -0.25) is 4.79 Å². The fourth-order valence-electron chi connectivity index (χ4n) is 3.64. The molecule has 7 nitrogen and oxygen atoms in total. The van der Waals surface area contributed by atoms with Crippen LogP contribution in [0.25, 0.3) is 0 Å². The van der Waals surface area contributed by atoms with Gasteiger partial charge in [-0.25, -0.2) is 13.6 Å². The molecule has 0 amide bonds. The van der Waals surface area contributed by atoms with Crippen molar-refractivity contribution in [3.63, 3.8) is 0 Å². The topological polar surface area (TPSA) is 112 Å². The molecule has 0 aliphatic rings. The Hall–Kier alpha value is -2.81. The number of halogens is 1. The summed E-state index contributed by atoms with van der Waals surface area (Å²) in [5.41, 5.74) is 3.10. The van der Waals surface area contributed by atoms with Gasteiger partial charge in [0.25, 0.3) is 0 Å². The molecule has 0 saturated heterocycles. The normalized spacial score (nSPS) is 13.5. The molecule has 0 radical (unpaired) electrons. The largest absolute Gasteiger partial charge is 0.318 e. The van der Waals surface area contributed by atoms with Crippen LogP contribution in [0.4, 0.5) is 0 Å². The van der Waals surface area contributed by atoms with Gasteiger partial charge in [-0.15, -0.1) is 0 Å². The number of nitrogens with zero attached hydrogens (tertiary/aromatic N) is 2. The lowest BCUT2D eigenvalue weighted by molar-refractivity contribution is 0.585. The van der Waals surface area contributed by atoms with Gasteiger partial charge >= 0.3 is 0 Å². The summed E-state index contributed by atoms with van der Waals surface area (Å²) < 4.78 is 24.6. The molecule has 2 atom stereocenters. The van der Waals surface area contributed by atoms with E-state index in [9.17, 15) is 18.1 Å². The third kappa shape index (κ3) is 5.28. The van der Waals surface area contributed by atoms with Crippen LogP contribution in [0.2, 0.25) is 5.02 Å². The van der Waals surface area contributed by atoms with Gasteiger partial charge in [0.1, 0.15) is 6.04 Å².